The predicted molar refractivity (Wildman–Crippen MR) is 113 cm³/mol. The molecule has 34 heavy (non-hydrogen) atoms. The molecule has 12 nitrogen and oxygen atoms in total. The van der Waals surface area contributed by atoms with E-state index in [1.165, 1.54) is 24.3 Å². The van der Waals surface area contributed by atoms with Crippen LogP contribution in [0.1, 0.15) is 27.0 Å². The zero-order valence-corrected chi connectivity index (χ0v) is 18.6. The Morgan fingerprint density at radius 2 is 1.24 bits per heavy atom. The van der Waals surface area contributed by atoms with E-state index in [0.29, 0.717) is 33.8 Å². The van der Waals surface area contributed by atoms with Gasteiger partial charge in [-0.2, -0.15) is 4.31 Å². The summed E-state index contributed by atoms with van der Waals surface area (Å²) >= 11 is 0. The van der Waals surface area contributed by atoms with Crippen molar-refractivity contribution in [2.45, 2.75) is 5.60 Å². The number of ether oxygens (including phenoxy) is 2. The van der Waals surface area contributed by atoms with Crippen molar-refractivity contribution in [1.82, 2.24) is 0 Å². The highest BCUT2D eigenvalue weighted by Crippen LogP contribution is 2.57. The van der Waals surface area contributed by atoms with Crippen molar-refractivity contribution in [3.63, 3.8) is 0 Å². The highest BCUT2D eigenvalue weighted by Gasteiger charge is 2.53. The van der Waals surface area contributed by atoms with Gasteiger partial charge in [0.1, 0.15) is 23.0 Å². The molecule has 0 fully saturated rings. The molecule has 0 saturated heterocycles. The number of phenols is 2. The summed E-state index contributed by atoms with van der Waals surface area (Å²) in [5.41, 5.74) is 1.28. The zero-order valence-electron chi connectivity index (χ0n) is 16.8. The third-order valence-corrected chi connectivity index (χ3v) is 6.60. The van der Waals surface area contributed by atoms with Crippen LogP contribution in [-0.4, -0.2) is 35.8 Å². The normalized spacial score (nSPS) is 15.2. The second-order valence-electron chi connectivity index (χ2n) is 7.14. The second-order valence-corrected chi connectivity index (χ2v) is 9.76. The van der Waals surface area contributed by atoms with Gasteiger partial charge in [0.05, 0.1) is 5.56 Å². The summed E-state index contributed by atoms with van der Waals surface area (Å²) in [6.45, 7) is 0. The van der Waals surface area contributed by atoms with Gasteiger partial charge in [-0.15, -0.1) is 0 Å². The number of fused-ring (bicyclic) bond motifs is 6. The van der Waals surface area contributed by atoms with E-state index in [0.717, 1.165) is 0 Å². The van der Waals surface area contributed by atoms with E-state index < -0.39 is 27.2 Å². The molecule has 0 saturated carbocycles. The number of hydrogen-bond donors (Lipinski definition) is 6. The fraction of sp³-hybridized carbons (Fsp3) is 0.0500. The first-order chi connectivity index (χ1) is 15.8. The quantitative estimate of drug-likeness (QED) is 0.218. The van der Waals surface area contributed by atoms with Crippen LogP contribution in [0.4, 0.5) is 0 Å². The first-order valence-electron chi connectivity index (χ1n) is 9.30. The van der Waals surface area contributed by atoms with E-state index in [1.54, 1.807) is 24.3 Å². The smallest absolute Gasteiger partial charge is 0.478 e. The summed E-state index contributed by atoms with van der Waals surface area (Å²) in [6, 6.07) is 16.6. The molecule has 2 aliphatic rings. The molecule has 2 heterocycles. The van der Waals surface area contributed by atoms with Crippen molar-refractivity contribution in [1.29, 1.82) is 0 Å². The Morgan fingerprint density at radius 3 is 1.71 bits per heavy atom. The Hall–Kier alpha value is -3.21. The molecular formula is C20H16O12P2. The summed E-state index contributed by atoms with van der Waals surface area (Å²) in [5, 5.41) is 19.7. The van der Waals surface area contributed by atoms with Gasteiger partial charge in [0, 0.05) is 28.8 Å². The summed E-state index contributed by atoms with van der Waals surface area (Å²) in [6.07, 6.45) is 0. The molecule has 0 aromatic heterocycles. The lowest BCUT2D eigenvalue weighted by Gasteiger charge is -2.36. The highest BCUT2D eigenvalue weighted by molar-refractivity contribution is 7.60. The largest absolute Gasteiger partial charge is 0.508 e. The number of benzene rings is 3. The molecular weight excluding hydrogens is 494 g/mol. The van der Waals surface area contributed by atoms with Crippen molar-refractivity contribution in [2.75, 3.05) is 0 Å². The predicted octanol–water partition coefficient (Wildman–Crippen LogP) is 2.85. The average Bonchev–Trinajstić information content (AvgIpc) is 2.99. The van der Waals surface area contributed by atoms with Crippen molar-refractivity contribution in [3.05, 3.63) is 82.9 Å². The van der Waals surface area contributed by atoms with Gasteiger partial charge in [0.15, 0.2) is 5.60 Å². The monoisotopic (exact) mass is 510 g/mol. The lowest BCUT2D eigenvalue weighted by Crippen LogP contribution is -2.32. The third kappa shape index (κ3) is 4.44. The lowest BCUT2D eigenvalue weighted by molar-refractivity contribution is 0.0224. The van der Waals surface area contributed by atoms with Crippen LogP contribution in [0.2, 0.25) is 0 Å². The minimum atomic E-state index is -5.05. The Kier molecular flexibility index (Phi) is 5.79. The average molecular weight is 510 g/mol. The van der Waals surface area contributed by atoms with Crippen LogP contribution < -0.4 is 4.74 Å². The summed E-state index contributed by atoms with van der Waals surface area (Å²) in [4.78, 5) is 43.5. The summed E-state index contributed by atoms with van der Waals surface area (Å²) in [5.74, 6) is 0.408. The Labute approximate surface area is 191 Å². The van der Waals surface area contributed by atoms with Crippen LogP contribution in [0.5, 0.6) is 23.0 Å². The van der Waals surface area contributed by atoms with Crippen LogP contribution in [0.3, 0.4) is 0 Å². The van der Waals surface area contributed by atoms with E-state index in [1.807, 2.05) is 12.1 Å². The molecule has 0 unspecified atom stereocenters. The molecule has 178 valence electrons. The number of phenolic OH excluding ortho intramolecular Hbond substituents is 2. The minimum absolute atomic E-state index is 0.0371. The lowest BCUT2D eigenvalue weighted by atomic mass is 9.77. The first kappa shape index (κ1) is 23.9. The van der Waals surface area contributed by atoms with E-state index in [9.17, 15) is 24.1 Å². The number of esters is 1. The second kappa shape index (κ2) is 8.23. The molecule has 1 spiro atoms. The van der Waals surface area contributed by atoms with Crippen molar-refractivity contribution < 1.29 is 57.5 Å². The van der Waals surface area contributed by atoms with Gasteiger partial charge >= 0.3 is 21.6 Å². The Balaban J connectivity index is 0.000000262. The number of carbonyl (C=O) groups is 1. The topological polar surface area (TPSA) is 200 Å². The maximum atomic E-state index is 12.5. The van der Waals surface area contributed by atoms with Crippen molar-refractivity contribution in [2.24, 2.45) is 0 Å². The zero-order chi connectivity index (χ0) is 24.9. The maximum Gasteiger partial charge on any atom is 0.478 e. The number of rotatable bonds is 2. The standard InChI is InChI=1S/C20H12O5.H4O7P2/c21-11-5-7-15-17(9-11)24-18-10-12(22)6-8-16(18)20(15)14-4-2-1-3-13(14)19(23)25-20;1-8(2,3)7-9(4,5)6/h1-10,21-22H;(H2,1,2,3)(H2,4,5,6). The molecule has 0 aliphatic carbocycles. The van der Waals surface area contributed by atoms with E-state index in [4.69, 9.17) is 29.0 Å². The Morgan fingerprint density at radius 1 is 0.735 bits per heavy atom. The van der Waals surface area contributed by atoms with Crippen LogP contribution >= 0.6 is 15.6 Å². The van der Waals surface area contributed by atoms with Gasteiger partial charge in [-0.3, -0.25) is 0 Å². The fourth-order valence-corrected chi connectivity index (χ4v) is 4.90. The van der Waals surface area contributed by atoms with Crippen LogP contribution in [-0.2, 0) is 23.8 Å². The van der Waals surface area contributed by atoms with Crippen LogP contribution in [0.25, 0.3) is 0 Å². The maximum absolute atomic E-state index is 12.5. The third-order valence-electron chi connectivity index (χ3n) is 4.89. The molecule has 0 bridgehead atoms. The number of phosphoric acid groups is 2. The fourth-order valence-electron chi connectivity index (χ4n) is 3.79. The van der Waals surface area contributed by atoms with Crippen molar-refractivity contribution >= 4 is 21.6 Å². The highest BCUT2D eigenvalue weighted by atomic mass is 31.3. The molecule has 14 heteroatoms. The molecule has 5 rings (SSSR count). The minimum Gasteiger partial charge on any atom is -0.508 e. The summed E-state index contributed by atoms with van der Waals surface area (Å²) < 4.78 is 34.0. The van der Waals surface area contributed by atoms with Gasteiger partial charge in [-0.25, -0.2) is 13.9 Å². The van der Waals surface area contributed by atoms with Gasteiger partial charge in [-0.05, 0) is 30.3 Å². The van der Waals surface area contributed by atoms with Gasteiger partial charge in [0.2, 0.25) is 0 Å². The Bertz CT molecular complexity index is 1320. The molecule has 0 radical (unpaired) electrons. The molecule has 3 aromatic carbocycles. The van der Waals surface area contributed by atoms with Crippen molar-refractivity contribution in [3.8, 4) is 23.0 Å². The van der Waals surface area contributed by atoms with Crippen LogP contribution in [0.15, 0.2) is 60.7 Å². The molecule has 0 amide bonds. The van der Waals surface area contributed by atoms with Gasteiger partial charge in [-0.1, -0.05) is 18.2 Å². The SMILES string of the molecule is O=C1OC2(c3ccc(O)cc3Oc3cc(O)ccc32)c2ccccc21.O=P(O)(O)OP(=O)(O)O. The summed E-state index contributed by atoms with van der Waals surface area (Å²) in [7, 11) is -10.1. The van der Waals surface area contributed by atoms with E-state index in [-0.39, 0.29) is 11.5 Å². The molecule has 2 aliphatic heterocycles. The van der Waals surface area contributed by atoms with E-state index >= 15 is 0 Å². The first-order valence-corrected chi connectivity index (χ1v) is 12.4. The van der Waals surface area contributed by atoms with Gasteiger partial charge in [0.25, 0.3) is 0 Å². The molecule has 6 N–H and O–H groups in total. The number of hydrogen-bond acceptors (Lipinski definition) is 8. The number of carbonyl (C=O) groups excluding carboxylic acids is 1. The van der Waals surface area contributed by atoms with Crippen LogP contribution in [0, 0.1) is 0 Å². The molecule has 3 aromatic rings. The van der Waals surface area contributed by atoms with Gasteiger partial charge < -0.3 is 39.3 Å². The number of aromatic hydroxyl groups is 2. The molecule has 0 atom stereocenters. The van der Waals surface area contributed by atoms with E-state index in [2.05, 4.69) is 4.31 Å².